The van der Waals surface area contributed by atoms with Gasteiger partial charge in [-0.05, 0) is 50.5 Å². The number of halogens is 2. The Morgan fingerprint density at radius 1 is 1.14 bits per heavy atom. The molecule has 0 aliphatic heterocycles. The minimum atomic E-state index is -4.05. The smallest absolute Gasteiger partial charge is 0.271 e. The van der Waals surface area contributed by atoms with Gasteiger partial charge in [0.25, 0.3) is 5.69 Å². The van der Waals surface area contributed by atoms with Crippen LogP contribution in [0.3, 0.4) is 0 Å². The van der Waals surface area contributed by atoms with Gasteiger partial charge in [-0.15, -0.1) is 0 Å². The van der Waals surface area contributed by atoms with E-state index in [1.54, 1.807) is 19.1 Å². The quantitative estimate of drug-likeness (QED) is 0.315. The van der Waals surface area contributed by atoms with Gasteiger partial charge in [0.1, 0.15) is 12.6 Å². The molecule has 10 nitrogen and oxygen atoms in total. The highest BCUT2D eigenvalue weighted by molar-refractivity contribution is 7.92. The number of non-ortho nitro benzene ring substituents is 1. The van der Waals surface area contributed by atoms with Crippen molar-refractivity contribution in [2.45, 2.75) is 52.7 Å². The molecule has 0 unspecified atom stereocenters. The number of hydrogen-bond donors (Lipinski definition) is 1. The van der Waals surface area contributed by atoms with E-state index in [1.807, 2.05) is 13.8 Å². The number of rotatable bonds is 11. The Morgan fingerprint density at radius 3 is 2.32 bits per heavy atom. The third-order valence-corrected chi connectivity index (χ3v) is 7.59. The average Bonchev–Trinajstić information content (AvgIpc) is 2.81. The minimum Gasteiger partial charge on any atom is -0.352 e. The van der Waals surface area contributed by atoms with Crippen LogP contribution in [0.1, 0.15) is 38.3 Å². The molecule has 2 aromatic carbocycles. The van der Waals surface area contributed by atoms with Crippen LogP contribution in [0.2, 0.25) is 10.0 Å². The number of carbonyl (C=O) groups is 2. The van der Waals surface area contributed by atoms with Crippen molar-refractivity contribution in [1.29, 1.82) is 0 Å². The number of benzene rings is 2. The van der Waals surface area contributed by atoms with Crippen LogP contribution in [0.4, 0.5) is 11.4 Å². The highest BCUT2D eigenvalue weighted by Crippen LogP contribution is 2.28. The van der Waals surface area contributed by atoms with Gasteiger partial charge in [0.05, 0.1) is 16.9 Å². The molecule has 0 heterocycles. The molecule has 0 aliphatic rings. The van der Waals surface area contributed by atoms with Crippen LogP contribution in [0.15, 0.2) is 36.4 Å². The van der Waals surface area contributed by atoms with Gasteiger partial charge in [0.15, 0.2) is 0 Å². The Bertz CT molecular complexity index is 1290. The molecule has 2 rings (SSSR count). The van der Waals surface area contributed by atoms with Gasteiger partial charge < -0.3 is 10.2 Å². The highest BCUT2D eigenvalue weighted by Gasteiger charge is 2.32. The van der Waals surface area contributed by atoms with E-state index >= 15 is 0 Å². The fraction of sp³-hybridized carbons (Fsp3) is 0.417. The zero-order valence-electron chi connectivity index (χ0n) is 21.2. The number of anilines is 1. The summed E-state index contributed by atoms with van der Waals surface area (Å²) in [6.45, 7) is 6.04. The number of nitrogens with zero attached hydrogens (tertiary/aromatic N) is 3. The SMILES string of the molecule is CC[C@@H](C)NC(=O)[C@H](C)N(Cc1ccc(Cl)cc1Cl)C(=O)CN(c1cc([N+](=O)[O-])ccc1C)S(C)(=O)=O. The number of nitro benzene ring substituents is 1. The maximum atomic E-state index is 13.6. The predicted octanol–water partition coefficient (Wildman–Crippen LogP) is 4.31. The third kappa shape index (κ3) is 8.05. The third-order valence-electron chi connectivity index (χ3n) is 5.88. The number of aryl methyl sites for hydroxylation is 1. The van der Waals surface area contributed by atoms with Crippen LogP contribution in [-0.4, -0.2) is 54.9 Å². The van der Waals surface area contributed by atoms with Crippen molar-refractivity contribution in [2.75, 3.05) is 17.1 Å². The van der Waals surface area contributed by atoms with Crippen molar-refractivity contribution >= 4 is 56.4 Å². The van der Waals surface area contributed by atoms with Crippen LogP contribution < -0.4 is 9.62 Å². The Hall–Kier alpha value is -2.89. The van der Waals surface area contributed by atoms with E-state index in [-0.39, 0.29) is 29.0 Å². The lowest BCUT2D eigenvalue weighted by Gasteiger charge is -2.32. The zero-order chi connectivity index (χ0) is 28.1. The summed E-state index contributed by atoms with van der Waals surface area (Å²) in [6.07, 6.45) is 1.57. The molecule has 0 aliphatic carbocycles. The number of hydrogen-bond acceptors (Lipinski definition) is 6. The largest absolute Gasteiger partial charge is 0.352 e. The van der Waals surface area contributed by atoms with Crippen molar-refractivity contribution in [2.24, 2.45) is 0 Å². The van der Waals surface area contributed by atoms with Gasteiger partial charge in [0.2, 0.25) is 21.8 Å². The van der Waals surface area contributed by atoms with Crippen LogP contribution in [0, 0.1) is 17.0 Å². The summed E-state index contributed by atoms with van der Waals surface area (Å²) < 4.78 is 26.3. The number of amides is 2. The van der Waals surface area contributed by atoms with Crippen LogP contribution >= 0.6 is 23.2 Å². The maximum Gasteiger partial charge on any atom is 0.271 e. The van der Waals surface area contributed by atoms with E-state index in [9.17, 15) is 28.1 Å². The van der Waals surface area contributed by atoms with Gasteiger partial charge in [-0.2, -0.15) is 0 Å². The van der Waals surface area contributed by atoms with Gasteiger partial charge in [-0.25, -0.2) is 8.42 Å². The van der Waals surface area contributed by atoms with E-state index < -0.39 is 39.3 Å². The zero-order valence-corrected chi connectivity index (χ0v) is 23.5. The lowest BCUT2D eigenvalue weighted by Crippen LogP contribution is -2.52. The molecule has 0 spiro atoms. The summed E-state index contributed by atoms with van der Waals surface area (Å²) in [7, 11) is -4.05. The molecule has 2 aromatic rings. The first kappa shape index (κ1) is 30.3. The fourth-order valence-corrected chi connectivity index (χ4v) is 4.82. The first-order chi connectivity index (χ1) is 17.1. The molecule has 0 radical (unpaired) electrons. The van der Waals surface area contributed by atoms with Crippen molar-refractivity contribution in [3.63, 3.8) is 0 Å². The summed E-state index contributed by atoms with van der Waals surface area (Å²) in [6, 6.07) is 7.32. The minimum absolute atomic E-state index is 0.00812. The Labute approximate surface area is 226 Å². The molecule has 0 saturated carbocycles. The lowest BCUT2D eigenvalue weighted by molar-refractivity contribution is -0.384. The van der Waals surface area contributed by atoms with Crippen molar-refractivity contribution < 1.29 is 22.9 Å². The van der Waals surface area contributed by atoms with E-state index in [0.717, 1.165) is 16.6 Å². The van der Waals surface area contributed by atoms with Crippen LogP contribution in [-0.2, 0) is 26.2 Å². The molecule has 2 amide bonds. The Balaban J connectivity index is 2.51. The summed E-state index contributed by atoms with van der Waals surface area (Å²) in [5, 5.41) is 14.8. The molecule has 13 heteroatoms. The summed E-state index contributed by atoms with van der Waals surface area (Å²) in [5.41, 5.74) is 0.581. The van der Waals surface area contributed by atoms with E-state index in [0.29, 0.717) is 22.6 Å². The Kier molecular flexibility index (Phi) is 10.3. The molecule has 0 bridgehead atoms. The van der Waals surface area contributed by atoms with Crippen molar-refractivity contribution in [1.82, 2.24) is 10.2 Å². The first-order valence-corrected chi connectivity index (χ1v) is 14.0. The molecule has 1 N–H and O–H groups in total. The number of nitrogens with one attached hydrogen (secondary N) is 1. The van der Waals surface area contributed by atoms with Gasteiger partial charge in [0, 0.05) is 34.8 Å². The van der Waals surface area contributed by atoms with E-state index in [1.165, 1.54) is 30.0 Å². The molecule has 0 saturated heterocycles. The van der Waals surface area contributed by atoms with Crippen LogP contribution in [0.5, 0.6) is 0 Å². The average molecular weight is 573 g/mol. The van der Waals surface area contributed by atoms with Gasteiger partial charge in [-0.3, -0.25) is 24.0 Å². The first-order valence-electron chi connectivity index (χ1n) is 11.4. The summed E-state index contributed by atoms with van der Waals surface area (Å²) in [5.74, 6) is -1.13. The predicted molar refractivity (Wildman–Crippen MR) is 144 cm³/mol. The van der Waals surface area contributed by atoms with Crippen molar-refractivity contribution in [3.05, 3.63) is 67.7 Å². The monoisotopic (exact) mass is 572 g/mol. The second-order valence-corrected chi connectivity index (χ2v) is 11.5. The number of sulfonamides is 1. The summed E-state index contributed by atoms with van der Waals surface area (Å²) >= 11 is 12.3. The van der Waals surface area contributed by atoms with Crippen LogP contribution in [0.25, 0.3) is 0 Å². The molecular formula is C24H30Cl2N4O6S. The fourth-order valence-electron chi connectivity index (χ4n) is 3.46. The highest BCUT2D eigenvalue weighted by atomic mass is 35.5. The number of nitro groups is 1. The lowest BCUT2D eigenvalue weighted by atomic mass is 10.1. The number of carbonyl (C=O) groups excluding carboxylic acids is 2. The molecule has 202 valence electrons. The molecule has 0 aromatic heterocycles. The standard InChI is InChI=1S/C24H30Cl2N4O6S/c1-6-16(3)27-24(32)17(4)28(13-18-8-9-19(25)11-21(18)26)23(31)14-29(37(5,35)36)22-12-20(30(33)34)10-7-15(22)2/h7-12,16-17H,6,13-14H2,1-5H3,(H,27,32)/t16-,17+/m1/s1. The summed E-state index contributed by atoms with van der Waals surface area (Å²) in [4.78, 5) is 38.4. The van der Waals surface area contributed by atoms with Gasteiger partial charge in [-0.1, -0.05) is 42.3 Å². The van der Waals surface area contributed by atoms with E-state index in [4.69, 9.17) is 23.2 Å². The molecular weight excluding hydrogens is 543 g/mol. The Morgan fingerprint density at radius 2 is 1.78 bits per heavy atom. The van der Waals surface area contributed by atoms with Crippen molar-refractivity contribution in [3.8, 4) is 0 Å². The van der Waals surface area contributed by atoms with Gasteiger partial charge >= 0.3 is 0 Å². The normalized spacial score (nSPS) is 12.9. The molecule has 0 fully saturated rings. The second kappa shape index (κ2) is 12.6. The molecule has 37 heavy (non-hydrogen) atoms. The maximum absolute atomic E-state index is 13.6. The van der Waals surface area contributed by atoms with E-state index in [2.05, 4.69) is 5.32 Å². The molecule has 2 atom stereocenters. The topological polar surface area (TPSA) is 130 Å². The second-order valence-electron chi connectivity index (χ2n) is 8.75.